The van der Waals surface area contributed by atoms with Crippen LogP contribution in [-0.4, -0.2) is 0 Å². The smallest absolute Gasteiger partial charge is 0.107 e. The Morgan fingerprint density at radius 2 is 1.71 bits per heavy atom. The summed E-state index contributed by atoms with van der Waals surface area (Å²) in [6.07, 6.45) is 8.59. The lowest BCUT2D eigenvalue weighted by molar-refractivity contribution is 1.38. The number of hydrogen-bond donors (Lipinski definition) is 2. The molecule has 0 spiro atoms. The van der Waals surface area contributed by atoms with Gasteiger partial charge in [-0.25, -0.2) is 0 Å². The highest BCUT2D eigenvalue weighted by Crippen LogP contribution is 2.19. The number of hydrogen-bond acceptors (Lipinski definition) is 2. The Morgan fingerprint density at radius 1 is 1.18 bits per heavy atom. The standard InChI is InChI=1S/C11H14Cl2N2.C2H6/c1-3-5-6-8(4-2)9(11(13)15)7-10(12)14;1-2/h3-7H,1,14-15H2,2H3;1-2H3/b6-5-,8-4+,10-7-,11-9+;. The zero-order valence-corrected chi connectivity index (χ0v) is 12.0. The van der Waals surface area contributed by atoms with E-state index in [1.54, 1.807) is 12.2 Å². The van der Waals surface area contributed by atoms with Crippen molar-refractivity contribution in [3.63, 3.8) is 0 Å². The zero-order valence-electron chi connectivity index (χ0n) is 10.5. The molecular formula is C13H20Cl2N2. The van der Waals surface area contributed by atoms with Gasteiger partial charge in [0.1, 0.15) is 5.16 Å². The summed E-state index contributed by atoms with van der Waals surface area (Å²) in [5, 5.41) is 0.264. The zero-order chi connectivity index (χ0) is 13.8. The van der Waals surface area contributed by atoms with Crippen LogP contribution in [-0.2, 0) is 0 Å². The molecule has 0 bridgehead atoms. The second-order valence-corrected chi connectivity index (χ2v) is 3.47. The van der Waals surface area contributed by atoms with E-state index in [4.69, 9.17) is 34.7 Å². The molecule has 0 saturated heterocycles. The molecule has 0 rings (SSSR count). The molecule has 0 atom stereocenters. The molecule has 0 unspecified atom stereocenters. The first-order valence-electron chi connectivity index (χ1n) is 5.26. The molecular weight excluding hydrogens is 255 g/mol. The van der Waals surface area contributed by atoms with Crippen molar-refractivity contribution >= 4 is 23.2 Å². The average Bonchev–Trinajstić information content (AvgIpc) is 2.30. The Balaban J connectivity index is 0. The third-order valence-corrected chi connectivity index (χ3v) is 1.89. The van der Waals surface area contributed by atoms with Crippen LogP contribution in [0.3, 0.4) is 0 Å². The van der Waals surface area contributed by atoms with Crippen LogP contribution in [0.1, 0.15) is 20.8 Å². The maximum Gasteiger partial charge on any atom is 0.107 e. The van der Waals surface area contributed by atoms with Crippen LogP contribution < -0.4 is 11.5 Å². The fourth-order valence-electron chi connectivity index (χ4n) is 0.941. The number of nitrogens with two attached hydrogens (primary N) is 2. The summed E-state index contributed by atoms with van der Waals surface area (Å²) in [6, 6.07) is 0. The monoisotopic (exact) mass is 274 g/mol. The van der Waals surface area contributed by atoms with Crippen molar-refractivity contribution in [2.24, 2.45) is 11.5 Å². The summed E-state index contributed by atoms with van der Waals surface area (Å²) in [7, 11) is 0. The quantitative estimate of drug-likeness (QED) is 0.598. The Morgan fingerprint density at radius 3 is 2.00 bits per heavy atom. The molecule has 0 saturated carbocycles. The van der Waals surface area contributed by atoms with E-state index in [0.717, 1.165) is 5.57 Å². The normalized spacial score (nSPS) is 13.9. The summed E-state index contributed by atoms with van der Waals surface area (Å²) in [4.78, 5) is 0. The van der Waals surface area contributed by atoms with E-state index >= 15 is 0 Å². The summed E-state index contributed by atoms with van der Waals surface area (Å²) < 4.78 is 0. The Hall–Kier alpha value is -1.12. The van der Waals surface area contributed by atoms with E-state index in [0.29, 0.717) is 5.57 Å². The van der Waals surface area contributed by atoms with Crippen molar-refractivity contribution in [2.45, 2.75) is 20.8 Å². The van der Waals surface area contributed by atoms with E-state index in [1.807, 2.05) is 32.9 Å². The maximum atomic E-state index is 5.74. The Labute approximate surface area is 114 Å². The van der Waals surface area contributed by atoms with Crippen LogP contribution in [0, 0.1) is 0 Å². The van der Waals surface area contributed by atoms with E-state index in [1.165, 1.54) is 6.08 Å². The number of allylic oxidation sites excluding steroid dienone is 7. The molecule has 17 heavy (non-hydrogen) atoms. The average molecular weight is 275 g/mol. The van der Waals surface area contributed by atoms with E-state index in [2.05, 4.69) is 6.58 Å². The lowest BCUT2D eigenvalue weighted by Crippen LogP contribution is -1.98. The minimum Gasteiger partial charge on any atom is -0.389 e. The minimum absolute atomic E-state index is 0.125. The molecule has 0 amide bonds. The topological polar surface area (TPSA) is 52.0 Å². The molecule has 0 aliphatic rings. The van der Waals surface area contributed by atoms with Crippen LogP contribution in [0.4, 0.5) is 0 Å². The first-order valence-corrected chi connectivity index (χ1v) is 6.02. The minimum atomic E-state index is 0.125. The molecule has 0 aliphatic carbocycles. The molecule has 4 N–H and O–H groups in total. The van der Waals surface area contributed by atoms with Gasteiger partial charge in [-0.2, -0.15) is 0 Å². The summed E-state index contributed by atoms with van der Waals surface area (Å²) in [5.74, 6) is 0. The Kier molecular flexibility index (Phi) is 12.2. The third-order valence-electron chi connectivity index (χ3n) is 1.57. The summed E-state index contributed by atoms with van der Waals surface area (Å²) in [5.41, 5.74) is 12.3. The second kappa shape index (κ2) is 11.4. The van der Waals surface area contributed by atoms with Crippen LogP contribution in [0.2, 0.25) is 0 Å². The highest BCUT2D eigenvalue weighted by atomic mass is 35.5. The highest BCUT2D eigenvalue weighted by Gasteiger charge is 2.03. The van der Waals surface area contributed by atoms with Gasteiger partial charge in [0, 0.05) is 5.57 Å². The van der Waals surface area contributed by atoms with Crippen LogP contribution in [0.15, 0.2) is 58.4 Å². The molecule has 0 aromatic carbocycles. The van der Waals surface area contributed by atoms with E-state index in [-0.39, 0.29) is 10.3 Å². The van der Waals surface area contributed by atoms with Gasteiger partial charge in [-0.05, 0) is 18.6 Å². The van der Waals surface area contributed by atoms with Crippen molar-refractivity contribution in [3.05, 3.63) is 58.4 Å². The van der Waals surface area contributed by atoms with Gasteiger partial charge in [-0.3, -0.25) is 0 Å². The van der Waals surface area contributed by atoms with Crippen LogP contribution in [0.25, 0.3) is 0 Å². The fourth-order valence-corrected chi connectivity index (χ4v) is 1.21. The molecule has 0 radical (unpaired) electrons. The molecule has 96 valence electrons. The van der Waals surface area contributed by atoms with Crippen molar-refractivity contribution in [3.8, 4) is 0 Å². The Bertz CT molecular complexity index is 342. The predicted molar refractivity (Wildman–Crippen MR) is 79.6 cm³/mol. The predicted octanol–water partition coefficient (Wildman–Crippen LogP) is 4.15. The molecule has 0 aliphatic heterocycles. The molecule has 0 aromatic rings. The summed E-state index contributed by atoms with van der Waals surface area (Å²) in [6.45, 7) is 9.43. The largest absolute Gasteiger partial charge is 0.389 e. The van der Waals surface area contributed by atoms with Gasteiger partial charge >= 0.3 is 0 Å². The first-order chi connectivity index (χ1) is 8.02. The molecule has 2 nitrogen and oxygen atoms in total. The first kappa shape index (κ1) is 18.3. The van der Waals surface area contributed by atoms with E-state index < -0.39 is 0 Å². The maximum absolute atomic E-state index is 5.74. The fraction of sp³-hybridized carbons (Fsp3) is 0.231. The van der Waals surface area contributed by atoms with E-state index in [9.17, 15) is 0 Å². The second-order valence-electron chi connectivity index (χ2n) is 2.63. The lowest BCUT2D eigenvalue weighted by atomic mass is 10.1. The SMILES string of the molecule is C=C\C=C/C(=C\C)C(/C=C(\N)Cl)=C(/N)Cl.CC. The van der Waals surface area contributed by atoms with Gasteiger partial charge in [0.05, 0.1) is 5.16 Å². The third kappa shape index (κ3) is 8.66. The van der Waals surface area contributed by atoms with Crippen molar-refractivity contribution in [1.82, 2.24) is 0 Å². The number of halogens is 2. The van der Waals surface area contributed by atoms with Gasteiger partial charge < -0.3 is 11.5 Å². The van der Waals surface area contributed by atoms with Crippen molar-refractivity contribution in [1.29, 1.82) is 0 Å². The molecule has 4 heteroatoms. The van der Waals surface area contributed by atoms with Crippen molar-refractivity contribution < 1.29 is 0 Å². The highest BCUT2D eigenvalue weighted by molar-refractivity contribution is 6.31. The van der Waals surface area contributed by atoms with Crippen LogP contribution >= 0.6 is 23.2 Å². The molecule has 0 fully saturated rings. The molecule has 0 aromatic heterocycles. The van der Waals surface area contributed by atoms with Gasteiger partial charge in [-0.1, -0.05) is 67.9 Å². The van der Waals surface area contributed by atoms with Gasteiger partial charge in [0.15, 0.2) is 0 Å². The summed E-state index contributed by atoms with van der Waals surface area (Å²) >= 11 is 11.3. The van der Waals surface area contributed by atoms with Crippen LogP contribution in [0.5, 0.6) is 0 Å². The molecule has 0 heterocycles. The van der Waals surface area contributed by atoms with Gasteiger partial charge in [-0.15, -0.1) is 0 Å². The lowest BCUT2D eigenvalue weighted by Gasteiger charge is -2.04. The number of rotatable bonds is 4. The van der Waals surface area contributed by atoms with Gasteiger partial charge in [0.25, 0.3) is 0 Å². The van der Waals surface area contributed by atoms with Gasteiger partial charge in [0.2, 0.25) is 0 Å². The van der Waals surface area contributed by atoms with Crippen molar-refractivity contribution in [2.75, 3.05) is 0 Å².